The quantitative estimate of drug-likeness (QED) is 0.440. The van der Waals surface area contributed by atoms with Crippen LogP contribution in [0.15, 0.2) is 47.6 Å². The summed E-state index contributed by atoms with van der Waals surface area (Å²) in [4.78, 5) is 0. The third-order valence-corrected chi connectivity index (χ3v) is 8.68. The molecule has 0 N–H and O–H groups in total. The van der Waals surface area contributed by atoms with Gasteiger partial charge in [0.1, 0.15) is 0 Å². The highest BCUT2D eigenvalue weighted by Gasteiger charge is 2.55. The number of fused-ring (bicyclic) bond motifs is 5. The van der Waals surface area contributed by atoms with Crippen molar-refractivity contribution in [3.05, 3.63) is 47.6 Å². The normalized spacial score (nSPS) is 39.9. The fourth-order valence-corrected chi connectivity index (χ4v) is 6.88. The SMILES string of the molecule is C=C1C=C2CCC3C(=CCC4(C)C3CC[C@@H]4CC(=C)CC)C2(C)CC1.CC. The van der Waals surface area contributed by atoms with Crippen LogP contribution in [0.2, 0.25) is 0 Å². The van der Waals surface area contributed by atoms with E-state index >= 15 is 0 Å². The van der Waals surface area contributed by atoms with Crippen molar-refractivity contribution in [3.8, 4) is 0 Å². The second-order valence-electron chi connectivity index (χ2n) is 9.86. The van der Waals surface area contributed by atoms with E-state index in [2.05, 4.69) is 46.1 Å². The average molecular weight is 367 g/mol. The zero-order valence-corrected chi connectivity index (χ0v) is 18.7. The van der Waals surface area contributed by atoms with Crippen molar-refractivity contribution in [1.29, 1.82) is 0 Å². The lowest BCUT2D eigenvalue weighted by molar-refractivity contribution is 0.0848. The van der Waals surface area contributed by atoms with Gasteiger partial charge in [-0.15, -0.1) is 0 Å². The van der Waals surface area contributed by atoms with E-state index < -0.39 is 0 Å². The first-order chi connectivity index (χ1) is 12.9. The van der Waals surface area contributed by atoms with E-state index in [1.807, 2.05) is 19.4 Å². The molecule has 0 radical (unpaired) electrons. The van der Waals surface area contributed by atoms with Gasteiger partial charge in [-0.05, 0) is 81.0 Å². The number of allylic oxidation sites excluding steroid dienone is 6. The van der Waals surface area contributed by atoms with E-state index in [1.165, 1.54) is 62.5 Å². The predicted molar refractivity (Wildman–Crippen MR) is 120 cm³/mol. The third kappa shape index (κ3) is 3.32. The monoisotopic (exact) mass is 366 g/mol. The second-order valence-corrected chi connectivity index (χ2v) is 9.86. The highest BCUT2D eigenvalue weighted by Crippen LogP contribution is 2.65. The summed E-state index contributed by atoms with van der Waals surface area (Å²) in [5.41, 5.74) is 7.18. The summed E-state index contributed by atoms with van der Waals surface area (Å²) in [6.07, 6.45) is 16.9. The van der Waals surface area contributed by atoms with E-state index in [0.29, 0.717) is 10.8 Å². The summed E-state index contributed by atoms with van der Waals surface area (Å²) in [5.74, 6) is 2.61. The van der Waals surface area contributed by atoms with Crippen molar-refractivity contribution < 1.29 is 0 Å². The van der Waals surface area contributed by atoms with Crippen LogP contribution in [0, 0.1) is 28.6 Å². The van der Waals surface area contributed by atoms with Gasteiger partial charge in [-0.1, -0.05) is 82.2 Å². The van der Waals surface area contributed by atoms with Crippen LogP contribution in [0.4, 0.5) is 0 Å². The Morgan fingerprint density at radius 2 is 1.89 bits per heavy atom. The van der Waals surface area contributed by atoms with E-state index in [9.17, 15) is 0 Å². The minimum absolute atomic E-state index is 0.344. The smallest absolute Gasteiger partial charge is 0.0101 e. The third-order valence-electron chi connectivity index (χ3n) is 8.68. The van der Waals surface area contributed by atoms with Gasteiger partial charge in [0.05, 0.1) is 0 Å². The summed E-state index contributed by atoms with van der Waals surface area (Å²) >= 11 is 0. The van der Waals surface area contributed by atoms with Gasteiger partial charge in [-0.3, -0.25) is 0 Å². The molecule has 27 heavy (non-hydrogen) atoms. The minimum Gasteiger partial charge on any atom is -0.0999 e. The molecule has 0 aromatic rings. The van der Waals surface area contributed by atoms with Crippen molar-refractivity contribution >= 4 is 0 Å². The van der Waals surface area contributed by atoms with Crippen LogP contribution >= 0.6 is 0 Å². The maximum Gasteiger partial charge on any atom is 0.0101 e. The maximum atomic E-state index is 4.33. The molecule has 0 aliphatic heterocycles. The van der Waals surface area contributed by atoms with Crippen LogP contribution in [0.1, 0.15) is 92.4 Å². The van der Waals surface area contributed by atoms with E-state index in [-0.39, 0.29) is 0 Å². The second kappa shape index (κ2) is 7.76. The van der Waals surface area contributed by atoms with Gasteiger partial charge in [0.25, 0.3) is 0 Å². The fraction of sp³-hybridized carbons (Fsp3) is 0.704. The molecule has 5 atom stereocenters. The van der Waals surface area contributed by atoms with Crippen LogP contribution in [0.3, 0.4) is 0 Å². The Bertz CT molecular complexity index is 660. The lowest BCUT2D eigenvalue weighted by Crippen LogP contribution is -2.44. The summed E-state index contributed by atoms with van der Waals surface area (Å²) in [6, 6.07) is 0. The first kappa shape index (κ1) is 20.7. The zero-order valence-electron chi connectivity index (χ0n) is 18.7. The Morgan fingerprint density at radius 1 is 1.15 bits per heavy atom. The number of hydrogen-bond donors (Lipinski definition) is 0. The predicted octanol–water partition coefficient (Wildman–Crippen LogP) is 8.42. The standard InChI is InChI=1S/C25H36.C2H6/c1-6-17(2)15-20-8-10-22-21-9-7-19-16-18(3)11-13-24(19,4)23(21)12-14-25(20,22)5;1-2/h12,16,20-22H,2-3,6-11,13-15H2,1,4-5H3;1-2H3/t20-,21?,22?,24?,25?;/m1./s1. The molecular weight excluding hydrogens is 324 g/mol. The van der Waals surface area contributed by atoms with E-state index in [0.717, 1.165) is 24.2 Å². The van der Waals surface area contributed by atoms with E-state index in [4.69, 9.17) is 0 Å². The van der Waals surface area contributed by atoms with Gasteiger partial charge in [-0.25, -0.2) is 0 Å². The van der Waals surface area contributed by atoms with Crippen LogP contribution in [-0.2, 0) is 0 Å². The molecule has 2 fully saturated rings. The van der Waals surface area contributed by atoms with Gasteiger partial charge in [0.2, 0.25) is 0 Å². The summed E-state index contributed by atoms with van der Waals surface area (Å²) in [7, 11) is 0. The molecule has 0 heteroatoms. The molecule has 150 valence electrons. The molecule has 0 aromatic heterocycles. The highest BCUT2D eigenvalue weighted by molar-refractivity contribution is 5.42. The fourth-order valence-electron chi connectivity index (χ4n) is 6.88. The summed E-state index contributed by atoms with van der Waals surface area (Å²) in [6.45, 7) is 20.0. The number of hydrogen-bond acceptors (Lipinski definition) is 0. The zero-order chi connectivity index (χ0) is 19.8. The lowest BCUT2D eigenvalue weighted by atomic mass is 9.51. The Hall–Kier alpha value is -1.04. The van der Waals surface area contributed by atoms with Gasteiger partial charge in [0, 0.05) is 5.41 Å². The highest BCUT2D eigenvalue weighted by atomic mass is 14.6. The Morgan fingerprint density at radius 3 is 2.59 bits per heavy atom. The van der Waals surface area contributed by atoms with E-state index in [1.54, 1.807) is 5.57 Å². The molecule has 0 nitrogen and oxygen atoms in total. The molecule has 0 heterocycles. The average Bonchev–Trinajstić information content (AvgIpc) is 3.00. The molecule has 0 saturated heterocycles. The van der Waals surface area contributed by atoms with Crippen molar-refractivity contribution in [1.82, 2.24) is 0 Å². The van der Waals surface area contributed by atoms with Crippen LogP contribution in [0.5, 0.6) is 0 Å². The molecule has 0 amide bonds. The largest absolute Gasteiger partial charge is 0.0999 e. The molecule has 2 saturated carbocycles. The Kier molecular flexibility index (Phi) is 5.95. The number of rotatable bonds is 3. The van der Waals surface area contributed by atoms with Crippen molar-refractivity contribution in [2.75, 3.05) is 0 Å². The Labute approximate surface area is 168 Å². The van der Waals surface area contributed by atoms with Gasteiger partial charge in [-0.2, -0.15) is 0 Å². The molecule has 0 bridgehead atoms. The molecule has 4 aliphatic carbocycles. The molecule has 4 unspecified atom stereocenters. The maximum absolute atomic E-state index is 4.33. The van der Waals surface area contributed by atoms with Crippen LogP contribution < -0.4 is 0 Å². The topological polar surface area (TPSA) is 0 Å². The first-order valence-electron chi connectivity index (χ1n) is 11.6. The molecular formula is C27H42. The first-order valence-corrected chi connectivity index (χ1v) is 11.6. The summed E-state index contributed by atoms with van der Waals surface area (Å²) < 4.78 is 0. The van der Waals surface area contributed by atoms with Crippen molar-refractivity contribution in [2.45, 2.75) is 92.4 Å². The van der Waals surface area contributed by atoms with Gasteiger partial charge < -0.3 is 0 Å². The molecule has 0 aromatic carbocycles. The van der Waals surface area contributed by atoms with Gasteiger partial charge in [0.15, 0.2) is 0 Å². The van der Waals surface area contributed by atoms with Crippen LogP contribution in [0.25, 0.3) is 0 Å². The molecule has 4 rings (SSSR count). The molecule has 0 spiro atoms. The van der Waals surface area contributed by atoms with Crippen molar-refractivity contribution in [3.63, 3.8) is 0 Å². The molecule has 4 aliphatic rings. The Balaban J connectivity index is 0.00000102. The van der Waals surface area contributed by atoms with Crippen molar-refractivity contribution in [2.24, 2.45) is 28.6 Å². The van der Waals surface area contributed by atoms with Gasteiger partial charge >= 0.3 is 0 Å². The summed E-state index contributed by atoms with van der Waals surface area (Å²) in [5, 5.41) is 0. The van der Waals surface area contributed by atoms with Crippen LogP contribution in [-0.4, -0.2) is 0 Å². The minimum atomic E-state index is 0.344. The lowest BCUT2D eigenvalue weighted by Gasteiger charge is -2.54.